The second-order valence-electron chi connectivity index (χ2n) is 4.89. The van der Waals surface area contributed by atoms with Crippen LogP contribution in [0, 0.1) is 20.2 Å². The molecule has 0 atom stereocenters. The first-order valence-corrected chi connectivity index (χ1v) is 6.85. The number of nitrogens with one attached hydrogen (secondary N) is 1. The van der Waals surface area contributed by atoms with Crippen LogP contribution in [0.3, 0.4) is 0 Å². The summed E-state index contributed by atoms with van der Waals surface area (Å²) in [6.07, 6.45) is 3.15. The lowest BCUT2D eigenvalue weighted by Gasteiger charge is -2.02. The summed E-state index contributed by atoms with van der Waals surface area (Å²) < 4.78 is 0. The Bertz CT molecular complexity index is 828. The Hall–Kier alpha value is -3.55. The molecule has 0 radical (unpaired) electrons. The number of carbonyl (C=O) groups excluding carboxylic acids is 1. The lowest BCUT2D eigenvalue weighted by Crippen LogP contribution is -2.05. The Kier molecular flexibility index (Phi) is 5.00. The third-order valence-corrected chi connectivity index (χ3v) is 3.11. The number of nitro groups is 2. The van der Waals surface area contributed by atoms with Gasteiger partial charge in [0, 0.05) is 18.7 Å². The molecule has 8 heteroatoms. The highest BCUT2D eigenvalue weighted by Crippen LogP contribution is 2.26. The zero-order valence-corrected chi connectivity index (χ0v) is 12.6. The predicted molar refractivity (Wildman–Crippen MR) is 89.4 cm³/mol. The Morgan fingerprint density at radius 3 is 2.21 bits per heavy atom. The van der Waals surface area contributed by atoms with Gasteiger partial charge in [-0.25, -0.2) is 0 Å². The summed E-state index contributed by atoms with van der Waals surface area (Å²) >= 11 is 0. The summed E-state index contributed by atoms with van der Waals surface area (Å²) in [6.45, 7) is 1.40. The Morgan fingerprint density at radius 2 is 1.67 bits per heavy atom. The van der Waals surface area contributed by atoms with Gasteiger partial charge in [0.1, 0.15) is 0 Å². The molecule has 0 heterocycles. The number of amides is 1. The van der Waals surface area contributed by atoms with E-state index in [4.69, 9.17) is 0 Å². The number of anilines is 1. The van der Waals surface area contributed by atoms with Crippen LogP contribution >= 0.6 is 0 Å². The van der Waals surface area contributed by atoms with E-state index >= 15 is 0 Å². The van der Waals surface area contributed by atoms with E-state index in [1.54, 1.807) is 30.3 Å². The lowest BCUT2D eigenvalue weighted by atomic mass is 10.1. The monoisotopic (exact) mass is 327 g/mol. The Morgan fingerprint density at radius 1 is 1.00 bits per heavy atom. The van der Waals surface area contributed by atoms with Gasteiger partial charge in [-0.2, -0.15) is 0 Å². The maximum Gasteiger partial charge on any atom is 0.283 e. The van der Waals surface area contributed by atoms with E-state index in [0.717, 1.165) is 11.6 Å². The molecular formula is C16H13N3O5. The van der Waals surface area contributed by atoms with Crippen LogP contribution in [0.5, 0.6) is 0 Å². The quantitative estimate of drug-likeness (QED) is 0.511. The summed E-state index contributed by atoms with van der Waals surface area (Å²) in [6, 6.07) is 10.3. The van der Waals surface area contributed by atoms with Crippen LogP contribution in [0.4, 0.5) is 17.1 Å². The van der Waals surface area contributed by atoms with Crippen LogP contribution in [0.25, 0.3) is 12.2 Å². The van der Waals surface area contributed by atoms with E-state index < -0.39 is 9.85 Å². The Labute approximate surface area is 136 Å². The number of rotatable bonds is 5. The molecular weight excluding hydrogens is 314 g/mol. The van der Waals surface area contributed by atoms with Crippen LogP contribution in [-0.4, -0.2) is 15.8 Å². The summed E-state index contributed by atoms with van der Waals surface area (Å²) in [5.41, 5.74) is 0.989. The van der Waals surface area contributed by atoms with Gasteiger partial charge < -0.3 is 5.32 Å². The highest BCUT2D eigenvalue weighted by atomic mass is 16.6. The SMILES string of the molecule is CC(=O)Nc1ccc(C=Cc2ccc([N+](=O)[O-])cc2[N+](=O)[O-])cc1. The Balaban J connectivity index is 2.26. The van der Waals surface area contributed by atoms with Crippen LogP contribution in [0.15, 0.2) is 42.5 Å². The summed E-state index contributed by atoms with van der Waals surface area (Å²) in [5, 5.41) is 24.4. The molecule has 8 nitrogen and oxygen atoms in total. The summed E-state index contributed by atoms with van der Waals surface area (Å²) in [4.78, 5) is 31.4. The van der Waals surface area contributed by atoms with E-state index in [9.17, 15) is 25.0 Å². The molecule has 2 aromatic rings. The van der Waals surface area contributed by atoms with Crippen molar-refractivity contribution < 1.29 is 14.6 Å². The molecule has 24 heavy (non-hydrogen) atoms. The van der Waals surface area contributed by atoms with Crippen LogP contribution < -0.4 is 5.32 Å². The predicted octanol–water partition coefficient (Wildman–Crippen LogP) is 3.63. The molecule has 1 amide bonds. The van der Waals surface area contributed by atoms with Crippen LogP contribution in [0.2, 0.25) is 0 Å². The third kappa shape index (κ3) is 4.23. The minimum Gasteiger partial charge on any atom is -0.326 e. The molecule has 0 spiro atoms. The summed E-state index contributed by atoms with van der Waals surface area (Å²) in [7, 11) is 0. The van der Waals surface area contributed by atoms with Crippen molar-refractivity contribution in [2.75, 3.05) is 5.32 Å². The van der Waals surface area contributed by atoms with Gasteiger partial charge in [0.25, 0.3) is 11.4 Å². The maximum atomic E-state index is 11.1. The minimum atomic E-state index is -0.679. The van der Waals surface area contributed by atoms with E-state index in [0.29, 0.717) is 5.69 Å². The average Bonchev–Trinajstić information content (AvgIpc) is 2.53. The van der Waals surface area contributed by atoms with Crippen LogP contribution in [0.1, 0.15) is 18.1 Å². The number of hydrogen-bond donors (Lipinski definition) is 1. The van der Waals surface area contributed by atoms with E-state index in [-0.39, 0.29) is 22.8 Å². The first-order valence-electron chi connectivity index (χ1n) is 6.85. The highest BCUT2D eigenvalue weighted by Gasteiger charge is 2.17. The highest BCUT2D eigenvalue weighted by molar-refractivity contribution is 5.88. The van der Waals surface area contributed by atoms with Gasteiger partial charge in [0.2, 0.25) is 5.91 Å². The largest absolute Gasteiger partial charge is 0.326 e. The number of non-ortho nitro benzene ring substituents is 1. The zero-order valence-electron chi connectivity index (χ0n) is 12.6. The first-order chi connectivity index (χ1) is 11.4. The van der Waals surface area contributed by atoms with Gasteiger partial charge in [0.05, 0.1) is 21.5 Å². The van der Waals surface area contributed by atoms with E-state index in [1.165, 1.54) is 25.1 Å². The number of benzene rings is 2. The molecule has 0 bridgehead atoms. The van der Waals surface area contributed by atoms with Crippen molar-refractivity contribution >= 4 is 35.1 Å². The molecule has 0 aliphatic heterocycles. The average molecular weight is 327 g/mol. The second kappa shape index (κ2) is 7.14. The van der Waals surface area contributed by atoms with Crippen molar-refractivity contribution in [2.45, 2.75) is 6.92 Å². The first kappa shape index (κ1) is 16.8. The molecule has 2 aromatic carbocycles. The van der Waals surface area contributed by atoms with E-state index in [2.05, 4.69) is 5.32 Å². The van der Waals surface area contributed by atoms with Crippen molar-refractivity contribution in [3.8, 4) is 0 Å². The molecule has 0 saturated carbocycles. The third-order valence-electron chi connectivity index (χ3n) is 3.11. The fraction of sp³-hybridized carbons (Fsp3) is 0.0625. The van der Waals surface area contributed by atoms with Gasteiger partial charge in [-0.1, -0.05) is 18.2 Å². The molecule has 122 valence electrons. The number of carbonyl (C=O) groups is 1. The molecule has 0 saturated heterocycles. The maximum absolute atomic E-state index is 11.1. The zero-order chi connectivity index (χ0) is 17.7. The van der Waals surface area contributed by atoms with Gasteiger partial charge >= 0.3 is 0 Å². The van der Waals surface area contributed by atoms with Crippen molar-refractivity contribution in [1.82, 2.24) is 0 Å². The molecule has 2 rings (SSSR count). The van der Waals surface area contributed by atoms with Gasteiger partial charge in [0.15, 0.2) is 0 Å². The standard InChI is InChI=1S/C16H13N3O5/c1-11(20)17-14-7-3-12(4-8-14)2-5-13-6-9-15(18(21)22)10-16(13)19(23)24/h2-10H,1H3,(H,17,20). The topological polar surface area (TPSA) is 115 Å². The number of hydrogen-bond acceptors (Lipinski definition) is 5. The normalized spacial score (nSPS) is 10.5. The second-order valence-corrected chi connectivity index (χ2v) is 4.89. The molecule has 0 aromatic heterocycles. The smallest absolute Gasteiger partial charge is 0.283 e. The van der Waals surface area contributed by atoms with Gasteiger partial charge in [-0.3, -0.25) is 25.0 Å². The fourth-order valence-corrected chi connectivity index (χ4v) is 2.01. The van der Waals surface area contributed by atoms with Crippen LogP contribution in [-0.2, 0) is 4.79 Å². The van der Waals surface area contributed by atoms with Gasteiger partial charge in [-0.15, -0.1) is 0 Å². The minimum absolute atomic E-state index is 0.181. The van der Waals surface area contributed by atoms with Gasteiger partial charge in [-0.05, 0) is 29.8 Å². The molecule has 0 aliphatic rings. The van der Waals surface area contributed by atoms with Crippen molar-refractivity contribution in [3.63, 3.8) is 0 Å². The molecule has 0 aliphatic carbocycles. The fourth-order valence-electron chi connectivity index (χ4n) is 2.01. The lowest BCUT2D eigenvalue weighted by molar-refractivity contribution is -0.394. The number of nitrogens with zero attached hydrogens (tertiary/aromatic N) is 2. The molecule has 0 unspecified atom stereocenters. The molecule has 0 fully saturated rings. The van der Waals surface area contributed by atoms with Crippen molar-refractivity contribution in [2.24, 2.45) is 0 Å². The summed E-state index contributed by atoms with van der Waals surface area (Å²) in [5.74, 6) is -0.181. The van der Waals surface area contributed by atoms with E-state index in [1.807, 2.05) is 0 Å². The number of nitro benzene ring substituents is 2. The van der Waals surface area contributed by atoms with Crippen molar-refractivity contribution in [1.29, 1.82) is 0 Å². The van der Waals surface area contributed by atoms with Crippen molar-refractivity contribution in [3.05, 3.63) is 73.8 Å². The molecule has 1 N–H and O–H groups in total.